The topological polar surface area (TPSA) is 35.5 Å². The number of hydrogen-bond acceptors (Lipinski definition) is 3. The average molecular weight is 380 g/mol. The van der Waals surface area contributed by atoms with Gasteiger partial charge in [-0.2, -0.15) is 0 Å². The minimum absolute atomic E-state index is 0.0107. The van der Waals surface area contributed by atoms with Gasteiger partial charge in [0.05, 0.1) is 0 Å². The predicted octanol–water partition coefficient (Wildman–Crippen LogP) is 6.15. The first-order valence-corrected chi connectivity index (χ1v) is 7.64. The molecule has 0 aliphatic rings. The van der Waals surface area contributed by atoms with E-state index in [1.807, 2.05) is 0 Å². The van der Waals surface area contributed by atoms with Gasteiger partial charge in [0.25, 0.3) is 0 Å². The van der Waals surface area contributed by atoms with E-state index in [1.165, 1.54) is 0 Å². The lowest BCUT2D eigenvalue weighted by molar-refractivity contribution is 0.0447. The summed E-state index contributed by atoms with van der Waals surface area (Å²) in [5.41, 5.74) is 1.26. The third-order valence-corrected chi connectivity index (χ3v) is 3.90. The maximum Gasteiger partial charge on any atom is 0.508 e. The maximum atomic E-state index is 11.6. The highest BCUT2D eigenvalue weighted by atomic mass is 35.5. The average Bonchev–Trinajstić information content (AvgIpc) is 2.45. The molecule has 22 heavy (non-hydrogen) atoms. The van der Waals surface area contributed by atoms with Gasteiger partial charge in [0.15, 0.2) is 0 Å². The Labute approximate surface area is 147 Å². The number of ether oxygens (including phenoxy) is 2. The first kappa shape index (κ1) is 17.2. The van der Waals surface area contributed by atoms with Crippen LogP contribution < -0.4 is 0 Å². The third kappa shape index (κ3) is 4.96. The van der Waals surface area contributed by atoms with Gasteiger partial charge in [-0.25, -0.2) is 4.79 Å². The normalized spacial score (nSPS) is 10.4. The molecule has 2 aromatic rings. The Morgan fingerprint density at radius 1 is 0.773 bits per heavy atom. The lowest BCUT2D eigenvalue weighted by atomic mass is 10.2. The van der Waals surface area contributed by atoms with Gasteiger partial charge >= 0.3 is 6.16 Å². The Morgan fingerprint density at radius 2 is 1.18 bits per heavy atom. The van der Waals surface area contributed by atoms with E-state index in [0.29, 0.717) is 31.2 Å². The number of hydrogen-bond donors (Lipinski definition) is 0. The van der Waals surface area contributed by atoms with Crippen molar-refractivity contribution >= 4 is 52.6 Å². The van der Waals surface area contributed by atoms with E-state index in [2.05, 4.69) is 0 Å². The van der Waals surface area contributed by atoms with E-state index >= 15 is 0 Å². The molecular formula is C15H10Cl4O3. The number of carbonyl (C=O) groups is 1. The summed E-state index contributed by atoms with van der Waals surface area (Å²) in [6, 6.07) is 9.80. The van der Waals surface area contributed by atoms with Gasteiger partial charge in [-0.15, -0.1) is 0 Å². The van der Waals surface area contributed by atoms with Crippen molar-refractivity contribution in [3.8, 4) is 0 Å². The molecule has 0 saturated carbocycles. The molecular weight excluding hydrogens is 370 g/mol. The van der Waals surface area contributed by atoms with E-state index in [-0.39, 0.29) is 13.2 Å². The van der Waals surface area contributed by atoms with Crippen LogP contribution in [0.4, 0.5) is 4.79 Å². The molecule has 2 aromatic carbocycles. The maximum absolute atomic E-state index is 11.6. The molecule has 0 aromatic heterocycles. The molecule has 116 valence electrons. The fourth-order valence-corrected chi connectivity index (χ4v) is 2.52. The van der Waals surface area contributed by atoms with Crippen LogP contribution in [0.5, 0.6) is 0 Å². The first-order valence-electron chi connectivity index (χ1n) is 6.13. The highest BCUT2D eigenvalue weighted by Crippen LogP contribution is 2.23. The Bertz CT molecular complexity index is 631. The number of halogens is 4. The molecule has 0 aliphatic heterocycles. The molecule has 0 fully saturated rings. The molecule has 0 amide bonds. The van der Waals surface area contributed by atoms with Crippen LogP contribution in [0.1, 0.15) is 11.1 Å². The van der Waals surface area contributed by atoms with Crippen molar-refractivity contribution < 1.29 is 14.3 Å². The Hall–Kier alpha value is -1.13. The molecule has 0 atom stereocenters. The lowest BCUT2D eigenvalue weighted by Crippen LogP contribution is -2.08. The van der Waals surface area contributed by atoms with Crippen molar-refractivity contribution in [3.05, 3.63) is 67.6 Å². The fraction of sp³-hybridized carbons (Fsp3) is 0.133. The van der Waals surface area contributed by atoms with Crippen LogP contribution >= 0.6 is 46.4 Å². The standard InChI is InChI=1S/C15H10Cl4O3/c16-11-3-1-9(13(18)5-11)7-21-15(20)22-8-10-2-4-12(17)6-14(10)19/h1-6H,7-8H2. The van der Waals surface area contributed by atoms with Crippen LogP contribution in [-0.2, 0) is 22.7 Å². The molecule has 0 radical (unpaired) electrons. The molecule has 0 N–H and O–H groups in total. The zero-order chi connectivity index (χ0) is 16.1. The smallest absolute Gasteiger partial charge is 0.429 e. The summed E-state index contributed by atoms with van der Waals surface area (Å²) in [5, 5.41) is 1.85. The van der Waals surface area contributed by atoms with E-state index in [1.54, 1.807) is 36.4 Å². The zero-order valence-electron chi connectivity index (χ0n) is 11.1. The number of carbonyl (C=O) groups excluding carboxylic acids is 1. The Morgan fingerprint density at radius 3 is 1.55 bits per heavy atom. The Kier molecular flexibility index (Phi) is 6.21. The van der Waals surface area contributed by atoms with E-state index < -0.39 is 6.16 Å². The van der Waals surface area contributed by atoms with Crippen LogP contribution in [-0.4, -0.2) is 6.16 Å². The first-order chi connectivity index (χ1) is 10.5. The van der Waals surface area contributed by atoms with Crippen molar-refractivity contribution in [1.29, 1.82) is 0 Å². The predicted molar refractivity (Wildman–Crippen MR) is 87.9 cm³/mol. The molecule has 3 nitrogen and oxygen atoms in total. The SMILES string of the molecule is O=C(OCc1ccc(Cl)cc1Cl)OCc1ccc(Cl)cc1Cl. The second-order valence-electron chi connectivity index (χ2n) is 4.30. The van der Waals surface area contributed by atoms with Crippen molar-refractivity contribution in [1.82, 2.24) is 0 Å². The summed E-state index contributed by atoms with van der Waals surface area (Å²) < 4.78 is 9.95. The van der Waals surface area contributed by atoms with Crippen molar-refractivity contribution in [2.45, 2.75) is 13.2 Å². The van der Waals surface area contributed by atoms with Crippen molar-refractivity contribution in [2.24, 2.45) is 0 Å². The fourth-order valence-electron chi connectivity index (χ4n) is 1.59. The van der Waals surface area contributed by atoms with Crippen molar-refractivity contribution in [3.63, 3.8) is 0 Å². The highest BCUT2D eigenvalue weighted by molar-refractivity contribution is 6.35. The van der Waals surface area contributed by atoms with Gasteiger partial charge in [-0.1, -0.05) is 58.5 Å². The molecule has 7 heteroatoms. The lowest BCUT2D eigenvalue weighted by Gasteiger charge is -2.09. The van der Waals surface area contributed by atoms with E-state index in [9.17, 15) is 4.79 Å². The van der Waals surface area contributed by atoms with Crippen molar-refractivity contribution in [2.75, 3.05) is 0 Å². The molecule has 2 rings (SSSR count). The minimum atomic E-state index is -0.822. The van der Waals surface area contributed by atoms with E-state index in [0.717, 1.165) is 0 Å². The summed E-state index contributed by atoms with van der Waals surface area (Å²) in [6.45, 7) is -0.0215. The summed E-state index contributed by atoms with van der Waals surface area (Å²) >= 11 is 23.5. The quantitative estimate of drug-likeness (QED) is 0.597. The van der Waals surface area contributed by atoms with Crippen LogP contribution in [0.15, 0.2) is 36.4 Å². The second-order valence-corrected chi connectivity index (χ2v) is 5.99. The number of rotatable bonds is 4. The largest absolute Gasteiger partial charge is 0.508 e. The summed E-state index contributed by atoms with van der Waals surface area (Å²) in [4.78, 5) is 11.6. The van der Waals surface area contributed by atoms with Gasteiger partial charge in [-0.05, 0) is 24.3 Å². The van der Waals surface area contributed by atoms with Gasteiger partial charge in [-0.3, -0.25) is 0 Å². The molecule has 0 bridgehead atoms. The molecule has 0 aliphatic carbocycles. The van der Waals surface area contributed by atoms with Crippen LogP contribution in [0.3, 0.4) is 0 Å². The monoisotopic (exact) mass is 378 g/mol. The van der Waals surface area contributed by atoms with Gasteiger partial charge in [0, 0.05) is 31.2 Å². The van der Waals surface area contributed by atoms with Crippen LogP contribution in [0, 0.1) is 0 Å². The summed E-state index contributed by atoms with van der Waals surface area (Å²) in [6.07, 6.45) is -0.822. The zero-order valence-corrected chi connectivity index (χ0v) is 14.1. The van der Waals surface area contributed by atoms with E-state index in [4.69, 9.17) is 55.9 Å². The van der Waals surface area contributed by atoms with Gasteiger partial charge < -0.3 is 9.47 Å². The molecule has 0 saturated heterocycles. The van der Waals surface area contributed by atoms with Crippen LogP contribution in [0.2, 0.25) is 20.1 Å². The van der Waals surface area contributed by atoms with Crippen LogP contribution in [0.25, 0.3) is 0 Å². The van der Waals surface area contributed by atoms with Gasteiger partial charge in [0.2, 0.25) is 0 Å². The number of benzene rings is 2. The highest BCUT2D eigenvalue weighted by Gasteiger charge is 2.09. The Balaban J connectivity index is 1.85. The molecule has 0 unspecified atom stereocenters. The molecule has 0 spiro atoms. The van der Waals surface area contributed by atoms with Gasteiger partial charge in [0.1, 0.15) is 13.2 Å². The molecule has 0 heterocycles. The minimum Gasteiger partial charge on any atom is -0.429 e. The summed E-state index contributed by atoms with van der Waals surface area (Å²) in [7, 11) is 0. The summed E-state index contributed by atoms with van der Waals surface area (Å²) in [5.74, 6) is 0. The second kappa shape index (κ2) is 7.93. The third-order valence-electron chi connectivity index (χ3n) is 2.72.